The quantitative estimate of drug-likeness (QED) is 0.841. The summed E-state index contributed by atoms with van der Waals surface area (Å²) in [5, 5.41) is 4.60. The van der Waals surface area contributed by atoms with Gasteiger partial charge in [-0.1, -0.05) is 30.2 Å². The predicted molar refractivity (Wildman–Crippen MR) is 105 cm³/mol. The molecule has 0 spiro atoms. The van der Waals surface area contributed by atoms with Crippen LogP contribution in [-0.2, 0) is 0 Å². The summed E-state index contributed by atoms with van der Waals surface area (Å²) in [4.78, 5) is 20.2. The van der Waals surface area contributed by atoms with E-state index in [1.807, 2.05) is 31.2 Å². The lowest BCUT2D eigenvalue weighted by Crippen LogP contribution is -2.42. The molecule has 0 radical (unpaired) electrons. The van der Waals surface area contributed by atoms with Crippen LogP contribution < -0.4 is 5.32 Å². The van der Waals surface area contributed by atoms with E-state index in [-0.39, 0.29) is 5.91 Å². The van der Waals surface area contributed by atoms with Gasteiger partial charge in [0.2, 0.25) is 0 Å². The summed E-state index contributed by atoms with van der Waals surface area (Å²) in [7, 11) is 0. The van der Waals surface area contributed by atoms with Crippen molar-refractivity contribution >= 4 is 28.8 Å². The van der Waals surface area contributed by atoms with E-state index in [0.29, 0.717) is 22.5 Å². The number of aryl methyl sites for hydroxylation is 1. The fraction of sp³-hybridized carbons (Fsp3) is 0.474. The van der Waals surface area contributed by atoms with Crippen LogP contribution in [0.15, 0.2) is 24.3 Å². The molecule has 1 amide bonds. The van der Waals surface area contributed by atoms with Crippen molar-refractivity contribution in [3.8, 4) is 10.6 Å². The van der Waals surface area contributed by atoms with Gasteiger partial charge in [-0.3, -0.25) is 9.69 Å². The Morgan fingerprint density at radius 1 is 1.36 bits per heavy atom. The van der Waals surface area contributed by atoms with Crippen molar-refractivity contribution in [3.05, 3.63) is 39.9 Å². The van der Waals surface area contributed by atoms with Crippen molar-refractivity contribution < 1.29 is 4.79 Å². The van der Waals surface area contributed by atoms with E-state index >= 15 is 0 Å². The SMILES string of the molecule is Cc1nc(-c2ccc(Cl)cc2)sc1C(=O)NCCN1CCCC[C@@H]1C. The molecular weight excluding hydrogens is 354 g/mol. The number of hydrogen-bond acceptors (Lipinski definition) is 4. The molecule has 1 fully saturated rings. The number of amides is 1. The van der Waals surface area contributed by atoms with Crippen molar-refractivity contribution in [2.75, 3.05) is 19.6 Å². The zero-order valence-electron chi connectivity index (χ0n) is 14.7. The van der Waals surface area contributed by atoms with Crippen LogP contribution in [0.5, 0.6) is 0 Å². The number of hydrogen-bond donors (Lipinski definition) is 1. The normalized spacial score (nSPS) is 18.3. The van der Waals surface area contributed by atoms with Crippen LogP contribution >= 0.6 is 22.9 Å². The van der Waals surface area contributed by atoms with E-state index in [2.05, 4.69) is 22.1 Å². The maximum Gasteiger partial charge on any atom is 0.263 e. The molecule has 3 rings (SSSR count). The Morgan fingerprint density at radius 3 is 2.84 bits per heavy atom. The lowest BCUT2D eigenvalue weighted by Gasteiger charge is -2.33. The summed E-state index contributed by atoms with van der Waals surface area (Å²) in [6, 6.07) is 8.16. The molecule has 0 unspecified atom stereocenters. The summed E-state index contributed by atoms with van der Waals surface area (Å²) in [5.41, 5.74) is 1.76. The number of nitrogens with zero attached hydrogens (tertiary/aromatic N) is 2. The standard InChI is InChI=1S/C19H24ClN3OS/c1-13-5-3-4-11-23(13)12-10-21-18(24)17-14(2)22-19(25-17)15-6-8-16(20)9-7-15/h6-9,13H,3-5,10-12H2,1-2H3,(H,21,24)/t13-/m0/s1. The molecule has 134 valence electrons. The number of thiazole rings is 1. The Morgan fingerprint density at radius 2 is 2.12 bits per heavy atom. The molecule has 2 aromatic rings. The van der Waals surface area contributed by atoms with Crippen LogP contribution in [0.25, 0.3) is 10.6 Å². The molecule has 4 nitrogen and oxygen atoms in total. The van der Waals surface area contributed by atoms with E-state index in [9.17, 15) is 4.79 Å². The first-order valence-corrected chi connectivity index (χ1v) is 9.99. The Labute approximate surface area is 158 Å². The second-order valence-electron chi connectivity index (χ2n) is 6.58. The Kier molecular flexibility index (Phi) is 6.10. The summed E-state index contributed by atoms with van der Waals surface area (Å²) in [6.07, 6.45) is 3.83. The van der Waals surface area contributed by atoms with Crippen molar-refractivity contribution in [2.24, 2.45) is 0 Å². The number of nitrogens with one attached hydrogen (secondary N) is 1. The molecule has 1 aliphatic rings. The van der Waals surface area contributed by atoms with Gasteiger partial charge in [0.15, 0.2) is 0 Å². The molecule has 1 atom stereocenters. The monoisotopic (exact) mass is 377 g/mol. The molecule has 25 heavy (non-hydrogen) atoms. The molecular formula is C19H24ClN3OS. The second-order valence-corrected chi connectivity index (χ2v) is 8.01. The Bertz CT molecular complexity index is 729. The molecule has 2 heterocycles. The number of carbonyl (C=O) groups excluding carboxylic acids is 1. The molecule has 1 aromatic heterocycles. The average Bonchev–Trinajstić information content (AvgIpc) is 2.99. The first kappa shape index (κ1) is 18.4. The van der Waals surface area contributed by atoms with Crippen LogP contribution in [0.1, 0.15) is 41.6 Å². The highest BCUT2D eigenvalue weighted by molar-refractivity contribution is 7.17. The Hall–Kier alpha value is -1.43. The lowest BCUT2D eigenvalue weighted by molar-refractivity contribution is 0.0941. The van der Waals surface area contributed by atoms with Gasteiger partial charge in [-0.15, -0.1) is 11.3 Å². The molecule has 1 aliphatic heterocycles. The van der Waals surface area contributed by atoms with E-state index in [4.69, 9.17) is 11.6 Å². The van der Waals surface area contributed by atoms with Gasteiger partial charge in [-0.25, -0.2) is 4.98 Å². The minimum Gasteiger partial charge on any atom is -0.350 e. The minimum atomic E-state index is -0.0279. The van der Waals surface area contributed by atoms with Crippen LogP contribution in [-0.4, -0.2) is 41.5 Å². The third-order valence-electron chi connectivity index (χ3n) is 4.72. The van der Waals surface area contributed by atoms with Crippen LogP contribution in [0.4, 0.5) is 0 Å². The molecule has 1 saturated heterocycles. The van der Waals surface area contributed by atoms with Crippen molar-refractivity contribution in [3.63, 3.8) is 0 Å². The number of likely N-dealkylation sites (tertiary alicyclic amines) is 1. The van der Waals surface area contributed by atoms with E-state index in [0.717, 1.165) is 29.4 Å². The first-order chi connectivity index (χ1) is 12.0. The zero-order chi connectivity index (χ0) is 17.8. The Balaban J connectivity index is 1.59. The maximum absolute atomic E-state index is 12.5. The fourth-order valence-corrected chi connectivity index (χ4v) is 4.32. The number of rotatable bonds is 5. The highest BCUT2D eigenvalue weighted by Crippen LogP contribution is 2.28. The lowest BCUT2D eigenvalue weighted by atomic mass is 10.0. The molecule has 1 N–H and O–H groups in total. The van der Waals surface area contributed by atoms with Crippen LogP contribution in [0.2, 0.25) is 5.02 Å². The third kappa shape index (κ3) is 4.60. The number of halogens is 1. The average molecular weight is 378 g/mol. The van der Waals surface area contributed by atoms with E-state index < -0.39 is 0 Å². The largest absolute Gasteiger partial charge is 0.350 e. The summed E-state index contributed by atoms with van der Waals surface area (Å²) in [6.45, 7) is 6.88. The number of aromatic nitrogens is 1. The summed E-state index contributed by atoms with van der Waals surface area (Å²) < 4.78 is 0. The van der Waals surface area contributed by atoms with E-state index in [1.54, 1.807) is 0 Å². The highest BCUT2D eigenvalue weighted by Gasteiger charge is 2.19. The number of piperidine rings is 1. The van der Waals surface area contributed by atoms with Crippen molar-refractivity contribution in [2.45, 2.75) is 39.2 Å². The molecule has 0 saturated carbocycles. The van der Waals surface area contributed by atoms with Gasteiger partial charge in [0, 0.05) is 29.7 Å². The van der Waals surface area contributed by atoms with Gasteiger partial charge in [-0.2, -0.15) is 0 Å². The van der Waals surface area contributed by atoms with Gasteiger partial charge in [0.1, 0.15) is 9.88 Å². The highest BCUT2D eigenvalue weighted by atomic mass is 35.5. The van der Waals surface area contributed by atoms with Gasteiger partial charge >= 0.3 is 0 Å². The molecule has 1 aromatic carbocycles. The van der Waals surface area contributed by atoms with Crippen LogP contribution in [0.3, 0.4) is 0 Å². The maximum atomic E-state index is 12.5. The minimum absolute atomic E-state index is 0.0279. The third-order valence-corrected chi connectivity index (χ3v) is 6.18. The first-order valence-electron chi connectivity index (χ1n) is 8.80. The van der Waals surface area contributed by atoms with Crippen molar-refractivity contribution in [1.29, 1.82) is 0 Å². The second kappa shape index (κ2) is 8.30. The smallest absolute Gasteiger partial charge is 0.263 e. The molecule has 6 heteroatoms. The predicted octanol–water partition coefficient (Wildman–Crippen LogP) is 4.38. The van der Waals surface area contributed by atoms with Gasteiger partial charge in [0.05, 0.1) is 5.69 Å². The van der Waals surface area contributed by atoms with E-state index in [1.165, 1.54) is 30.6 Å². The zero-order valence-corrected chi connectivity index (χ0v) is 16.3. The van der Waals surface area contributed by atoms with Gasteiger partial charge in [-0.05, 0) is 45.4 Å². The summed E-state index contributed by atoms with van der Waals surface area (Å²) >= 11 is 7.37. The van der Waals surface area contributed by atoms with Gasteiger partial charge < -0.3 is 5.32 Å². The number of benzene rings is 1. The molecule has 0 bridgehead atoms. The molecule has 0 aliphatic carbocycles. The van der Waals surface area contributed by atoms with Gasteiger partial charge in [0.25, 0.3) is 5.91 Å². The number of carbonyl (C=O) groups is 1. The van der Waals surface area contributed by atoms with Crippen LogP contribution in [0, 0.1) is 6.92 Å². The summed E-state index contributed by atoms with van der Waals surface area (Å²) in [5.74, 6) is -0.0279. The van der Waals surface area contributed by atoms with Crippen molar-refractivity contribution in [1.82, 2.24) is 15.2 Å². The fourth-order valence-electron chi connectivity index (χ4n) is 3.21. The topological polar surface area (TPSA) is 45.2 Å².